The molecule has 17 heavy (non-hydrogen) atoms. The van der Waals surface area contributed by atoms with Crippen LogP contribution >= 0.6 is 0 Å². The van der Waals surface area contributed by atoms with Crippen LogP contribution in [0.5, 0.6) is 0 Å². The van der Waals surface area contributed by atoms with E-state index < -0.39 is 0 Å². The normalized spacial score (nSPS) is 35.3. The van der Waals surface area contributed by atoms with E-state index in [4.69, 9.17) is 9.47 Å². The molecular weight excluding hydrogens is 216 g/mol. The van der Waals surface area contributed by atoms with Crippen LogP contribution in [0.15, 0.2) is 12.2 Å². The zero-order valence-electron chi connectivity index (χ0n) is 10.9. The Bertz CT molecular complexity index is 321. The predicted octanol–water partition coefficient (Wildman–Crippen LogP) is 2.56. The van der Waals surface area contributed by atoms with Gasteiger partial charge in [0.05, 0.1) is 18.1 Å². The highest BCUT2D eigenvalue weighted by Gasteiger charge is 2.51. The molecule has 1 heterocycles. The Morgan fingerprint density at radius 2 is 2.06 bits per heavy atom. The van der Waals surface area contributed by atoms with Crippen molar-refractivity contribution in [3.8, 4) is 0 Å². The van der Waals surface area contributed by atoms with Crippen LogP contribution in [0.3, 0.4) is 0 Å². The molecule has 2 aliphatic rings. The summed E-state index contributed by atoms with van der Waals surface area (Å²) in [5.41, 5.74) is 0.885. The molecule has 96 valence electrons. The number of carbonyl (C=O) groups excluding carboxylic acids is 1. The first kappa shape index (κ1) is 12.6. The summed E-state index contributed by atoms with van der Waals surface area (Å²) in [5, 5.41) is 0. The number of rotatable bonds is 4. The zero-order valence-corrected chi connectivity index (χ0v) is 10.9. The van der Waals surface area contributed by atoms with E-state index in [-0.39, 0.29) is 11.9 Å². The molecule has 4 atom stereocenters. The van der Waals surface area contributed by atoms with E-state index in [9.17, 15) is 4.79 Å². The number of carbonyl (C=O) groups is 1. The quantitative estimate of drug-likeness (QED) is 0.429. The van der Waals surface area contributed by atoms with Gasteiger partial charge in [0.2, 0.25) is 0 Å². The van der Waals surface area contributed by atoms with Gasteiger partial charge in [-0.25, -0.2) is 0 Å². The number of hydrogen-bond acceptors (Lipinski definition) is 3. The van der Waals surface area contributed by atoms with Crippen LogP contribution in [0.2, 0.25) is 0 Å². The van der Waals surface area contributed by atoms with Crippen molar-refractivity contribution in [3.63, 3.8) is 0 Å². The molecule has 2 fully saturated rings. The highest BCUT2D eigenvalue weighted by atomic mass is 16.6. The number of hydrogen-bond donors (Lipinski definition) is 0. The summed E-state index contributed by atoms with van der Waals surface area (Å²) in [5.74, 6) is 0.845. The molecule has 0 radical (unpaired) electrons. The Kier molecular flexibility index (Phi) is 3.57. The second kappa shape index (κ2) is 4.81. The van der Waals surface area contributed by atoms with E-state index in [0.29, 0.717) is 30.7 Å². The summed E-state index contributed by atoms with van der Waals surface area (Å²) in [6.45, 7) is 10.3. The van der Waals surface area contributed by atoms with Gasteiger partial charge in [-0.1, -0.05) is 20.4 Å². The minimum absolute atomic E-state index is 0.0121. The fourth-order valence-electron chi connectivity index (χ4n) is 2.76. The lowest BCUT2D eigenvalue weighted by Gasteiger charge is -2.30. The molecule has 3 heteroatoms. The van der Waals surface area contributed by atoms with Crippen LogP contribution in [0.25, 0.3) is 0 Å². The SMILES string of the molecule is C=C(C)COC(=O)C1CC2OC2CC1C(C)C. The lowest BCUT2D eigenvalue weighted by atomic mass is 9.73. The molecule has 1 aliphatic heterocycles. The number of fused-ring (bicyclic) bond motifs is 1. The van der Waals surface area contributed by atoms with Crippen LogP contribution in [0, 0.1) is 17.8 Å². The smallest absolute Gasteiger partial charge is 0.309 e. The summed E-state index contributed by atoms with van der Waals surface area (Å²) in [6, 6.07) is 0. The number of epoxide rings is 1. The van der Waals surface area contributed by atoms with Gasteiger partial charge in [0.25, 0.3) is 0 Å². The predicted molar refractivity (Wildman–Crippen MR) is 65.5 cm³/mol. The number of esters is 1. The number of ether oxygens (including phenoxy) is 2. The Balaban J connectivity index is 1.95. The molecule has 0 aromatic carbocycles. The molecule has 0 aromatic heterocycles. The van der Waals surface area contributed by atoms with Gasteiger partial charge in [0.15, 0.2) is 0 Å². The van der Waals surface area contributed by atoms with E-state index in [1.165, 1.54) is 0 Å². The van der Waals surface area contributed by atoms with Gasteiger partial charge in [0.1, 0.15) is 6.61 Å². The van der Waals surface area contributed by atoms with Crippen LogP contribution in [0.1, 0.15) is 33.6 Å². The molecule has 0 aromatic rings. The molecular formula is C14H22O3. The monoisotopic (exact) mass is 238 g/mol. The van der Waals surface area contributed by atoms with Crippen molar-refractivity contribution in [1.29, 1.82) is 0 Å². The summed E-state index contributed by atoms with van der Waals surface area (Å²) < 4.78 is 10.8. The first-order valence-electron chi connectivity index (χ1n) is 6.45. The Morgan fingerprint density at radius 3 is 2.65 bits per heavy atom. The maximum atomic E-state index is 12.1. The lowest BCUT2D eigenvalue weighted by Crippen LogP contribution is -2.35. The highest BCUT2D eigenvalue weighted by Crippen LogP contribution is 2.45. The molecule has 1 saturated heterocycles. The summed E-state index contributed by atoms with van der Waals surface area (Å²) in [6.07, 6.45) is 2.57. The van der Waals surface area contributed by atoms with Gasteiger partial charge in [-0.15, -0.1) is 0 Å². The second-order valence-corrected chi connectivity index (χ2v) is 5.76. The zero-order chi connectivity index (χ0) is 12.6. The first-order chi connectivity index (χ1) is 7.99. The molecule has 0 amide bonds. The molecule has 2 rings (SSSR count). The van der Waals surface area contributed by atoms with Gasteiger partial charge in [-0.05, 0) is 37.2 Å². The molecule has 1 aliphatic carbocycles. The third-order valence-corrected chi connectivity index (χ3v) is 3.82. The highest BCUT2D eigenvalue weighted by molar-refractivity contribution is 5.73. The summed E-state index contributed by atoms with van der Waals surface area (Å²) in [7, 11) is 0. The van der Waals surface area contributed by atoms with Crippen molar-refractivity contribution in [2.45, 2.75) is 45.8 Å². The fourth-order valence-corrected chi connectivity index (χ4v) is 2.76. The molecule has 4 unspecified atom stereocenters. The maximum Gasteiger partial charge on any atom is 0.309 e. The van der Waals surface area contributed by atoms with Crippen molar-refractivity contribution in [2.24, 2.45) is 17.8 Å². The fraction of sp³-hybridized carbons (Fsp3) is 0.786. The van der Waals surface area contributed by atoms with Crippen LogP contribution in [-0.4, -0.2) is 24.8 Å². The maximum absolute atomic E-state index is 12.1. The topological polar surface area (TPSA) is 38.8 Å². The van der Waals surface area contributed by atoms with Gasteiger partial charge >= 0.3 is 5.97 Å². The summed E-state index contributed by atoms with van der Waals surface area (Å²) in [4.78, 5) is 12.1. The van der Waals surface area contributed by atoms with Gasteiger partial charge in [-0.2, -0.15) is 0 Å². The molecule has 0 bridgehead atoms. The molecule has 1 saturated carbocycles. The third-order valence-electron chi connectivity index (χ3n) is 3.82. The molecule has 0 spiro atoms. The van der Waals surface area contributed by atoms with Crippen molar-refractivity contribution in [1.82, 2.24) is 0 Å². The van der Waals surface area contributed by atoms with Crippen molar-refractivity contribution >= 4 is 5.97 Å². The summed E-state index contributed by atoms with van der Waals surface area (Å²) >= 11 is 0. The first-order valence-corrected chi connectivity index (χ1v) is 6.45. The van der Waals surface area contributed by atoms with Crippen molar-refractivity contribution < 1.29 is 14.3 Å². The van der Waals surface area contributed by atoms with Crippen LogP contribution < -0.4 is 0 Å². The van der Waals surface area contributed by atoms with Crippen molar-refractivity contribution in [3.05, 3.63) is 12.2 Å². The van der Waals surface area contributed by atoms with E-state index in [1.54, 1.807) is 0 Å². The third kappa shape index (κ3) is 2.89. The van der Waals surface area contributed by atoms with Crippen LogP contribution in [-0.2, 0) is 14.3 Å². The lowest BCUT2D eigenvalue weighted by molar-refractivity contribution is -0.151. The van der Waals surface area contributed by atoms with E-state index >= 15 is 0 Å². The van der Waals surface area contributed by atoms with Gasteiger partial charge in [0, 0.05) is 0 Å². The average molecular weight is 238 g/mol. The molecule has 3 nitrogen and oxygen atoms in total. The van der Waals surface area contributed by atoms with Gasteiger partial charge < -0.3 is 9.47 Å². The Labute approximate surface area is 103 Å². The average Bonchev–Trinajstić information content (AvgIpc) is 3.01. The second-order valence-electron chi connectivity index (χ2n) is 5.76. The van der Waals surface area contributed by atoms with Crippen LogP contribution in [0.4, 0.5) is 0 Å². The minimum atomic E-state index is -0.0688. The minimum Gasteiger partial charge on any atom is -0.461 e. The van der Waals surface area contributed by atoms with E-state index in [0.717, 1.165) is 18.4 Å². The largest absolute Gasteiger partial charge is 0.461 e. The Hall–Kier alpha value is -0.830. The van der Waals surface area contributed by atoms with Crippen molar-refractivity contribution in [2.75, 3.05) is 6.61 Å². The van der Waals surface area contributed by atoms with Gasteiger partial charge in [-0.3, -0.25) is 4.79 Å². The standard InChI is InChI=1S/C14H22O3/c1-8(2)7-16-14(15)11-6-13-12(17-13)5-10(11)9(3)4/h9-13H,1,5-7H2,2-4H3. The molecule has 0 N–H and O–H groups in total. The Morgan fingerprint density at radius 1 is 1.41 bits per heavy atom. The van der Waals surface area contributed by atoms with E-state index in [2.05, 4.69) is 20.4 Å². The van der Waals surface area contributed by atoms with E-state index in [1.807, 2.05) is 6.92 Å².